The highest BCUT2D eigenvalue weighted by Gasteiger charge is 2.16. The van der Waals surface area contributed by atoms with Crippen LogP contribution in [0.15, 0.2) is 17.8 Å². The fraction of sp³-hybridized carbons (Fsp3) is 0.455. The summed E-state index contributed by atoms with van der Waals surface area (Å²) in [5, 5.41) is 4.44. The highest BCUT2D eigenvalue weighted by Crippen LogP contribution is 2.20. The van der Waals surface area contributed by atoms with Crippen molar-refractivity contribution >= 4 is 11.3 Å². The van der Waals surface area contributed by atoms with Gasteiger partial charge in [0.15, 0.2) is 0 Å². The SMILES string of the molecule is CCn1nc(C)cc1C(Cc1cncs1)NN. The van der Waals surface area contributed by atoms with E-state index >= 15 is 0 Å². The van der Waals surface area contributed by atoms with Crippen LogP contribution in [0.3, 0.4) is 0 Å². The molecule has 0 spiro atoms. The third-order valence-electron chi connectivity index (χ3n) is 2.68. The van der Waals surface area contributed by atoms with Crippen molar-refractivity contribution in [1.29, 1.82) is 0 Å². The van der Waals surface area contributed by atoms with Crippen LogP contribution >= 0.6 is 11.3 Å². The average Bonchev–Trinajstić information content (AvgIpc) is 2.94. The van der Waals surface area contributed by atoms with Crippen LogP contribution in [-0.2, 0) is 13.0 Å². The van der Waals surface area contributed by atoms with E-state index in [2.05, 4.69) is 28.5 Å². The van der Waals surface area contributed by atoms with Crippen LogP contribution in [0.4, 0.5) is 0 Å². The molecular formula is C11H17N5S. The molecule has 0 aliphatic heterocycles. The van der Waals surface area contributed by atoms with Crippen molar-refractivity contribution in [3.05, 3.63) is 34.0 Å². The molecule has 3 N–H and O–H groups in total. The van der Waals surface area contributed by atoms with E-state index in [1.54, 1.807) is 11.3 Å². The highest BCUT2D eigenvalue weighted by molar-refractivity contribution is 7.09. The number of hydrogen-bond donors (Lipinski definition) is 2. The van der Waals surface area contributed by atoms with Crippen molar-refractivity contribution in [2.24, 2.45) is 5.84 Å². The molecule has 0 radical (unpaired) electrons. The summed E-state index contributed by atoms with van der Waals surface area (Å²) in [5.74, 6) is 5.65. The lowest BCUT2D eigenvalue weighted by Gasteiger charge is -2.16. The summed E-state index contributed by atoms with van der Waals surface area (Å²) >= 11 is 1.65. The molecule has 2 rings (SSSR count). The minimum Gasteiger partial charge on any atom is -0.271 e. The van der Waals surface area contributed by atoms with Gasteiger partial charge in [-0.15, -0.1) is 11.3 Å². The lowest BCUT2D eigenvalue weighted by molar-refractivity contribution is 0.492. The maximum Gasteiger partial charge on any atom is 0.0794 e. The van der Waals surface area contributed by atoms with E-state index in [-0.39, 0.29) is 6.04 Å². The van der Waals surface area contributed by atoms with Crippen LogP contribution in [0.25, 0.3) is 0 Å². The second-order valence-corrected chi connectivity index (χ2v) is 4.89. The summed E-state index contributed by atoms with van der Waals surface area (Å²) in [6.45, 7) is 4.93. The molecule has 2 aromatic heterocycles. The lowest BCUT2D eigenvalue weighted by atomic mass is 10.1. The largest absolute Gasteiger partial charge is 0.271 e. The quantitative estimate of drug-likeness (QED) is 0.623. The van der Waals surface area contributed by atoms with Crippen molar-refractivity contribution in [2.45, 2.75) is 32.9 Å². The van der Waals surface area contributed by atoms with Crippen LogP contribution in [0.2, 0.25) is 0 Å². The molecule has 5 nitrogen and oxygen atoms in total. The van der Waals surface area contributed by atoms with E-state index in [1.165, 1.54) is 4.88 Å². The van der Waals surface area contributed by atoms with E-state index in [4.69, 9.17) is 5.84 Å². The Kier molecular flexibility index (Phi) is 3.88. The van der Waals surface area contributed by atoms with E-state index in [1.807, 2.05) is 23.3 Å². The van der Waals surface area contributed by atoms with Gasteiger partial charge >= 0.3 is 0 Å². The van der Waals surface area contributed by atoms with Crippen molar-refractivity contribution in [1.82, 2.24) is 20.2 Å². The summed E-state index contributed by atoms with van der Waals surface area (Å²) in [7, 11) is 0. The molecule has 1 atom stereocenters. The first-order valence-corrected chi connectivity index (χ1v) is 6.50. The van der Waals surface area contributed by atoms with E-state index < -0.39 is 0 Å². The number of rotatable bonds is 5. The van der Waals surface area contributed by atoms with Crippen LogP contribution in [0.5, 0.6) is 0 Å². The predicted molar refractivity (Wildman–Crippen MR) is 68.5 cm³/mol. The smallest absolute Gasteiger partial charge is 0.0794 e. The maximum atomic E-state index is 5.65. The summed E-state index contributed by atoms with van der Waals surface area (Å²) in [4.78, 5) is 5.30. The minimum absolute atomic E-state index is 0.0802. The van der Waals surface area contributed by atoms with Gasteiger partial charge in [0.1, 0.15) is 0 Å². The fourth-order valence-electron chi connectivity index (χ4n) is 1.89. The van der Waals surface area contributed by atoms with Gasteiger partial charge in [0.2, 0.25) is 0 Å². The zero-order valence-electron chi connectivity index (χ0n) is 10.1. The first-order valence-electron chi connectivity index (χ1n) is 5.62. The van der Waals surface area contributed by atoms with E-state index in [9.17, 15) is 0 Å². The Hall–Kier alpha value is -1.24. The molecule has 6 heteroatoms. The van der Waals surface area contributed by atoms with Gasteiger partial charge in [0, 0.05) is 24.0 Å². The van der Waals surface area contributed by atoms with Gasteiger partial charge in [0.25, 0.3) is 0 Å². The molecule has 0 aliphatic rings. The topological polar surface area (TPSA) is 68.8 Å². The number of hydrazine groups is 1. The van der Waals surface area contributed by atoms with Gasteiger partial charge in [-0.3, -0.25) is 20.9 Å². The molecule has 0 amide bonds. The Morgan fingerprint density at radius 2 is 2.41 bits per heavy atom. The molecular weight excluding hydrogens is 234 g/mol. The van der Waals surface area contributed by atoms with Crippen LogP contribution in [0, 0.1) is 6.92 Å². The lowest BCUT2D eigenvalue weighted by Crippen LogP contribution is -2.31. The predicted octanol–water partition coefficient (Wildman–Crippen LogP) is 1.42. The maximum absolute atomic E-state index is 5.65. The molecule has 0 aromatic carbocycles. The van der Waals surface area contributed by atoms with Gasteiger partial charge in [-0.2, -0.15) is 5.10 Å². The van der Waals surface area contributed by atoms with Gasteiger partial charge in [0.05, 0.1) is 22.9 Å². The Balaban J connectivity index is 2.22. The second-order valence-electron chi connectivity index (χ2n) is 3.92. The number of nitrogens with one attached hydrogen (secondary N) is 1. The van der Waals surface area contributed by atoms with Crippen molar-refractivity contribution in [2.75, 3.05) is 0 Å². The van der Waals surface area contributed by atoms with E-state index in [0.29, 0.717) is 0 Å². The Morgan fingerprint density at radius 1 is 1.59 bits per heavy atom. The second kappa shape index (κ2) is 5.39. The molecule has 1 unspecified atom stereocenters. The number of nitrogens with two attached hydrogens (primary N) is 1. The molecule has 17 heavy (non-hydrogen) atoms. The minimum atomic E-state index is 0.0802. The Morgan fingerprint density at radius 3 is 3.00 bits per heavy atom. The van der Waals surface area contributed by atoms with Gasteiger partial charge < -0.3 is 0 Å². The molecule has 0 saturated carbocycles. The van der Waals surface area contributed by atoms with Crippen molar-refractivity contribution in [3.8, 4) is 0 Å². The van der Waals surface area contributed by atoms with Gasteiger partial charge in [-0.1, -0.05) is 0 Å². The third kappa shape index (κ3) is 2.71. The summed E-state index contributed by atoms with van der Waals surface area (Å²) in [6.07, 6.45) is 2.72. The van der Waals surface area contributed by atoms with Gasteiger partial charge in [-0.25, -0.2) is 0 Å². The zero-order valence-corrected chi connectivity index (χ0v) is 10.9. The standard InChI is InChI=1S/C11H17N5S/c1-3-16-11(4-8(2)15-16)10(14-12)5-9-6-13-7-17-9/h4,6-7,10,14H,3,5,12H2,1-2H3. The van der Waals surface area contributed by atoms with Crippen molar-refractivity contribution in [3.63, 3.8) is 0 Å². The van der Waals surface area contributed by atoms with Crippen LogP contribution in [0.1, 0.15) is 29.2 Å². The Labute approximate surface area is 105 Å². The molecule has 92 valence electrons. The normalized spacial score (nSPS) is 12.9. The average molecular weight is 251 g/mol. The van der Waals surface area contributed by atoms with Crippen molar-refractivity contribution < 1.29 is 0 Å². The monoisotopic (exact) mass is 251 g/mol. The third-order valence-corrected chi connectivity index (χ3v) is 3.48. The Bertz CT molecular complexity index is 462. The van der Waals surface area contributed by atoms with Crippen LogP contribution in [-0.4, -0.2) is 14.8 Å². The first kappa shape index (κ1) is 12.2. The number of hydrogen-bond acceptors (Lipinski definition) is 5. The number of nitrogens with zero attached hydrogens (tertiary/aromatic N) is 3. The van der Waals surface area contributed by atoms with Crippen LogP contribution < -0.4 is 11.3 Å². The number of aromatic nitrogens is 3. The fourth-order valence-corrected chi connectivity index (χ4v) is 2.53. The number of aryl methyl sites for hydroxylation is 2. The molecule has 0 bridgehead atoms. The van der Waals surface area contributed by atoms with Gasteiger partial charge in [-0.05, 0) is 19.9 Å². The first-order chi connectivity index (χ1) is 8.24. The number of thiazole rings is 1. The molecule has 0 fully saturated rings. The molecule has 2 heterocycles. The molecule has 0 aliphatic carbocycles. The highest BCUT2D eigenvalue weighted by atomic mass is 32.1. The van der Waals surface area contributed by atoms with E-state index in [0.717, 1.165) is 24.4 Å². The zero-order chi connectivity index (χ0) is 12.3. The molecule has 0 saturated heterocycles. The summed E-state index contributed by atoms with van der Waals surface area (Å²) < 4.78 is 1.99. The summed E-state index contributed by atoms with van der Waals surface area (Å²) in [6, 6.07) is 2.16. The summed E-state index contributed by atoms with van der Waals surface area (Å²) in [5.41, 5.74) is 6.85. The molecule has 2 aromatic rings.